The normalized spacial score (nSPS) is 9.53. The van der Waals surface area contributed by atoms with E-state index >= 15 is 0 Å². The van der Waals surface area contributed by atoms with E-state index in [9.17, 15) is 0 Å². The van der Waals surface area contributed by atoms with Gasteiger partial charge in [-0.1, -0.05) is 12.6 Å². The third-order valence-corrected chi connectivity index (χ3v) is 2.18. The molecule has 1 rings (SSSR count). The van der Waals surface area contributed by atoms with Crippen LogP contribution in [0.3, 0.4) is 0 Å². The van der Waals surface area contributed by atoms with Gasteiger partial charge in [0.05, 0.1) is 12.9 Å². The van der Waals surface area contributed by atoms with Gasteiger partial charge in [-0.05, 0) is 5.56 Å². The molecule has 0 aliphatic carbocycles. The molecule has 0 aromatic carbocycles. The molecule has 0 unspecified atom stereocenters. The smallest absolute Gasteiger partial charge is 0.212 e. The van der Waals surface area contributed by atoms with Crippen molar-refractivity contribution in [2.45, 2.75) is 6.54 Å². The highest BCUT2D eigenvalue weighted by Crippen LogP contribution is 2.09. The van der Waals surface area contributed by atoms with E-state index < -0.39 is 0 Å². The molecule has 4 heteroatoms. The number of nitrogens with zero attached hydrogens (tertiary/aromatic N) is 2. The minimum absolute atomic E-state index is 0.633. The Labute approximate surface area is 90.6 Å². The summed E-state index contributed by atoms with van der Waals surface area (Å²) < 4.78 is 4.99. The molecule has 0 aliphatic rings. The summed E-state index contributed by atoms with van der Waals surface area (Å²) in [6.45, 7) is 4.65. The summed E-state index contributed by atoms with van der Waals surface area (Å²) in [7, 11) is 5.44. The van der Waals surface area contributed by atoms with Gasteiger partial charge >= 0.3 is 0 Å². The molecular weight excluding hydrogens is 190 g/mol. The quantitative estimate of drug-likeness (QED) is 0.787. The third-order valence-electron chi connectivity index (χ3n) is 2.18. The Morgan fingerprint density at radius 1 is 1.60 bits per heavy atom. The number of hydrogen-bond donors (Lipinski definition) is 1. The second kappa shape index (κ2) is 5.24. The molecule has 0 saturated carbocycles. The van der Waals surface area contributed by atoms with Crippen molar-refractivity contribution < 1.29 is 4.74 Å². The molecule has 0 atom stereocenters. The fourth-order valence-electron chi connectivity index (χ4n) is 1.19. The van der Waals surface area contributed by atoms with Gasteiger partial charge in [0, 0.05) is 32.9 Å². The molecule has 0 aliphatic heterocycles. The van der Waals surface area contributed by atoms with Gasteiger partial charge in [-0.3, -0.25) is 0 Å². The first kappa shape index (κ1) is 11.4. The van der Waals surface area contributed by atoms with Crippen LogP contribution in [0.25, 0.3) is 0 Å². The summed E-state index contributed by atoms with van der Waals surface area (Å²) >= 11 is 0. The molecule has 0 spiro atoms. The number of hydrogen-bond acceptors (Lipinski definition) is 4. The largest absolute Gasteiger partial charge is 0.481 e. The molecule has 15 heavy (non-hydrogen) atoms. The van der Waals surface area contributed by atoms with Crippen molar-refractivity contribution in [2.75, 3.05) is 21.2 Å². The van der Waals surface area contributed by atoms with Gasteiger partial charge in [-0.2, -0.15) is 0 Å². The van der Waals surface area contributed by atoms with Gasteiger partial charge in [0.2, 0.25) is 5.88 Å². The molecule has 0 fully saturated rings. The van der Waals surface area contributed by atoms with Crippen LogP contribution in [0.1, 0.15) is 5.56 Å². The van der Waals surface area contributed by atoms with E-state index in [1.807, 2.05) is 31.1 Å². The van der Waals surface area contributed by atoms with Gasteiger partial charge in [-0.15, -0.1) is 0 Å². The highest BCUT2D eigenvalue weighted by atomic mass is 16.5. The highest BCUT2D eigenvalue weighted by molar-refractivity contribution is 5.18. The predicted molar refractivity (Wildman–Crippen MR) is 60.5 cm³/mol. The van der Waals surface area contributed by atoms with Crippen LogP contribution in [0.4, 0.5) is 0 Å². The van der Waals surface area contributed by atoms with Crippen molar-refractivity contribution in [3.8, 4) is 5.88 Å². The first-order valence-corrected chi connectivity index (χ1v) is 4.74. The maximum Gasteiger partial charge on any atom is 0.212 e. The summed E-state index contributed by atoms with van der Waals surface area (Å²) in [5, 5.41) is 2.99. The average molecular weight is 207 g/mol. The Hall–Kier alpha value is -1.71. The zero-order chi connectivity index (χ0) is 11.3. The third kappa shape index (κ3) is 3.16. The second-order valence-corrected chi connectivity index (χ2v) is 3.26. The zero-order valence-corrected chi connectivity index (χ0v) is 9.45. The maximum absolute atomic E-state index is 4.99. The van der Waals surface area contributed by atoms with Gasteiger partial charge in [0.25, 0.3) is 0 Å². The highest BCUT2D eigenvalue weighted by Gasteiger charge is 2.01. The lowest BCUT2D eigenvalue weighted by Crippen LogP contribution is -2.24. The van der Waals surface area contributed by atoms with E-state index in [4.69, 9.17) is 4.74 Å². The standard InChI is InChI=1S/C11H17N3O/c1-9(12-2)14(3)8-10-5-6-11(15-4)13-7-10/h5-7,12H,1,8H2,2-4H3. The number of ether oxygens (including phenoxy) is 1. The Bertz CT molecular complexity index is 321. The molecular formula is C11H17N3O. The molecule has 82 valence electrons. The van der Waals surface area contributed by atoms with Crippen LogP contribution >= 0.6 is 0 Å². The molecule has 1 aromatic heterocycles. The van der Waals surface area contributed by atoms with Crippen LogP contribution in [-0.2, 0) is 6.54 Å². The van der Waals surface area contributed by atoms with Crippen molar-refractivity contribution in [3.63, 3.8) is 0 Å². The van der Waals surface area contributed by atoms with Crippen LogP contribution in [0.15, 0.2) is 30.7 Å². The fraction of sp³-hybridized carbons (Fsp3) is 0.364. The van der Waals surface area contributed by atoms with Crippen molar-refractivity contribution in [3.05, 3.63) is 36.3 Å². The number of pyridine rings is 1. The molecule has 0 bridgehead atoms. The van der Waals surface area contributed by atoms with E-state index in [2.05, 4.69) is 16.9 Å². The number of rotatable bonds is 5. The van der Waals surface area contributed by atoms with E-state index in [1.54, 1.807) is 13.3 Å². The summed E-state index contributed by atoms with van der Waals surface area (Å²) in [4.78, 5) is 6.15. The van der Waals surface area contributed by atoms with Crippen molar-refractivity contribution >= 4 is 0 Å². The van der Waals surface area contributed by atoms with Gasteiger partial charge in [-0.25, -0.2) is 4.98 Å². The Morgan fingerprint density at radius 3 is 2.80 bits per heavy atom. The lowest BCUT2D eigenvalue weighted by Gasteiger charge is -2.20. The summed E-state index contributed by atoms with van der Waals surface area (Å²) in [5.41, 5.74) is 1.12. The first-order chi connectivity index (χ1) is 7.17. The maximum atomic E-state index is 4.99. The second-order valence-electron chi connectivity index (χ2n) is 3.26. The van der Waals surface area contributed by atoms with E-state index in [1.165, 1.54) is 0 Å². The Kier molecular flexibility index (Phi) is 3.97. The minimum Gasteiger partial charge on any atom is -0.481 e. The number of nitrogens with one attached hydrogen (secondary N) is 1. The van der Waals surface area contributed by atoms with E-state index in [0.29, 0.717) is 5.88 Å². The number of aromatic nitrogens is 1. The minimum atomic E-state index is 0.633. The molecule has 4 nitrogen and oxygen atoms in total. The van der Waals surface area contributed by atoms with Gasteiger partial charge in [0.1, 0.15) is 0 Å². The molecule has 0 saturated heterocycles. The van der Waals surface area contributed by atoms with Crippen LogP contribution < -0.4 is 10.1 Å². The predicted octanol–water partition coefficient (Wildman–Crippen LogP) is 1.21. The Morgan fingerprint density at radius 2 is 2.33 bits per heavy atom. The first-order valence-electron chi connectivity index (χ1n) is 4.74. The SMILES string of the molecule is C=C(NC)N(C)Cc1ccc(OC)nc1. The zero-order valence-electron chi connectivity index (χ0n) is 9.45. The van der Waals surface area contributed by atoms with Crippen molar-refractivity contribution in [1.82, 2.24) is 15.2 Å². The van der Waals surface area contributed by atoms with Crippen LogP contribution in [0.5, 0.6) is 5.88 Å². The van der Waals surface area contributed by atoms with Gasteiger partial charge < -0.3 is 15.0 Å². The molecule has 1 heterocycles. The summed E-state index contributed by atoms with van der Waals surface area (Å²) in [6, 6.07) is 3.84. The molecule has 1 N–H and O–H groups in total. The van der Waals surface area contributed by atoms with Crippen molar-refractivity contribution in [2.24, 2.45) is 0 Å². The molecule has 1 aromatic rings. The van der Waals surface area contributed by atoms with Crippen LogP contribution in [0.2, 0.25) is 0 Å². The van der Waals surface area contributed by atoms with Gasteiger partial charge in [0.15, 0.2) is 0 Å². The van der Waals surface area contributed by atoms with E-state index in [-0.39, 0.29) is 0 Å². The average Bonchev–Trinajstić information content (AvgIpc) is 2.29. The number of methoxy groups -OCH3 is 1. The lowest BCUT2D eigenvalue weighted by molar-refractivity contribution is 0.382. The van der Waals surface area contributed by atoms with Crippen molar-refractivity contribution in [1.29, 1.82) is 0 Å². The fourth-order valence-corrected chi connectivity index (χ4v) is 1.19. The lowest BCUT2D eigenvalue weighted by atomic mass is 10.2. The Balaban J connectivity index is 2.60. The summed E-state index contributed by atoms with van der Waals surface area (Å²) in [6.07, 6.45) is 1.80. The summed E-state index contributed by atoms with van der Waals surface area (Å²) in [5.74, 6) is 1.51. The molecule has 0 radical (unpaired) electrons. The van der Waals surface area contributed by atoms with Crippen LogP contribution in [0, 0.1) is 0 Å². The monoisotopic (exact) mass is 207 g/mol. The molecule has 0 amide bonds. The topological polar surface area (TPSA) is 37.4 Å². The van der Waals surface area contributed by atoms with E-state index in [0.717, 1.165) is 17.9 Å². The van der Waals surface area contributed by atoms with Crippen LogP contribution in [-0.4, -0.2) is 31.1 Å².